The molecule has 0 saturated heterocycles. The van der Waals surface area contributed by atoms with Crippen molar-refractivity contribution in [2.75, 3.05) is 7.11 Å². The van der Waals surface area contributed by atoms with E-state index in [-0.39, 0.29) is 23.3 Å². The van der Waals surface area contributed by atoms with Gasteiger partial charge in [0.2, 0.25) is 0 Å². The lowest BCUT2D eigenvalue weighted by Crippen LogP contribution is -2.08. The highest BCUT2D eigenvalue weighted by Crippen LogP contribution is 2.32. The molecule has 0 bridgehead atoms. The first-order chi connectivity index (χ1) is 8.43. The van der Waals surface area contributed by atoms with Crippen LogP contribution in [-0.4, -0.2) is 28.2 Å². The molecule has 8 heteroatoms. The summed E-state index contributed by atoms with van der Waals surface area (Å²) >= 11 is 4.58. The molecule has 0 fully saturated rings. The second-order valence-electron chi connectivity index (χ2n) is 3.45. The maximum absolute atomic E-state index is 11.1. The van der Waals surface area contributed by atoms with E-state index in [4.69, 9.17) is 0 Å². The molecule has 1 atom stereocenters. The molecule has 0 N–H and O–H groups in total. The molecule has 18 heavy (non-hydrogen) atoms. The molecule has 0 aliphatic heterocycles. The van der Waals surface area contributed by atoms with Gasteiger partial charge in [-0.15, -0.1) is 11.8 Å². The third-order valence-corrected chi connectivity index (χ3v) is 3.98. The average molecular weight is 335 g/mol. The van der Waals surface area contributed by atoms with Crippen molar-refractivity contribution in [3.8, 4) is 0 Å². The fourth-order valence-corrected chi connectivity index (χ4v) is 2.66. The molecule has 0 spiro atoms. The van der Waals surface area contributed by atoms with E-state index >= 15 is 0 Å². The minimum atomic E-state index is -0.510. The van der Waals surface area contributed by atoms with E-state index in [2.05, 4.69) is 25.7 Å². The predicted octanol–water partition coefficient (Wildman–Crippen LogP) is 2.80. The topological polar surface area (TPSA) is 82.3 Å². The smallest absolute Gasteiger partial charge is 0.306 e. The largest absolute Gasteiger partial charge is 0.469 e. The Labute approximate surface area is 116 Å². The molecule has 6 nitrogen and oxygen atoms in total. The highest BCUT2D eigenvalue weighted by molar-refractivity contribution is 9.10. The standard InChI is InChI=1S/C10H11BrN2O4S/c1-6(3-9(14)17-2)18-10-8(11)4-7(5-12-10)13(15)16/h4-6H,3H2,1-2H3. The molecule has 0 aliphatic rings. The predicted molar refractivity (Wildman–Crippen MR) is 70.5 cm³/mol. The number of nitrogens with zero attached hydrogens (tertiary/aromatic N) is 2. The minimum Gasteiger partial charge on any atom is -0.469 e. The van der Waals surface area contributed by atoms with Gasteiger partial charge in [-0.05, 0) is 15.9 Å². The highest BCUT2D eigenvalue weighted by Gasteiger charge is 2.15. The van der Waals surface area contributed by atoms with Crippen LogP contribution in [0.4, 0.5) is 5.69 Å². The molecule has 1 aromatic rings. The fraction of sp³-hybridized carbons (Fsp3) is 0.400. The number of rotatable bonds is 5. The summed E-state index contributed by atoms with van der Waals surface area (Å²) in [5.74, 6) is -0.298. The lowest BCUT2D eigenvalue weighted by Gasteiger charge is -2.09. The van der Waals surface area contributed by atoms with Crippen molar-refractivity contribution >= 4 is 39.3 Å². The summed E-state index contributed by atoms with van der Waals surface area (Å²) in [5.41, 5.74) is -0.0770. The zero-order chi connectivity index (χ0) is 13.7. The number of thioether (sulfide) groups is 1. The molecule has 0 amide bonds. The van der Waals surface area contributed by atoms with Gasteiger partial charge in [0.05, 0.1) is 22.9 Å². The summed E-state index contributed by atoms with van der Waals surface area (Å²) < 4.78 is 5.11. The van der Waals surface area contributed by atoms with Gasteiger partial charge in [0, 0.05) is 11.3 Å². The normalized spacial score (nSPS) is 11.9. The molecule has 1 unspecified atom stereocenters. The van der Waals surface area contributed by atoms with Crippen molar-refractivity contribution in [3.63, 3.8) is 0 Å². The van der Waals surface area contributed by atoms with Crippen LogP contribution in [-0.2, 0) is 9.53 Å². The zero-order valence-electron chi connectivity index (χ0n) is 9.75. The Morgan fingerprint density at radius 2 is 2.39 bits per heavy atom. The van der Waals surface area contributed by atoms with E-state index in [0.717, 1.165) is 0 Å². The van der Waals surface area contributed by atoms with Crippen molar-refractivity contribution in [2.24, 2.45) is 0 Å². The van der Waals surface area contributed by atoms with Gasteiger partial charge in [-0.1, -0.05) is 6.92 Å². The lowest BCUT2D eigenvalue weighted by molar-refractivity contribution is -0.385. The molecular weight excluding hydrogens is 324 g/mol. The number of hydrogen-bond acceptors (Lipinski definition) is 6. The van der Waals surface area contributed by atoms with Crippen molar-refractivity contribution in [3.05, 3.63) is 26.9 Å². The van der Waals surface area contributed by atoms with Gasteiger partial charge in [0.1, 0.15) is 11.2 Å². The van der Waals surface area contributed by atoms with E-state index in [1.807, 2.05) is 6.92 Å². The molecule has 0 aromatic carbocycles. The molecular formula is C10H11BrN2O4S. The third kappa shape index (κ3) is 4.26. The van der Waals surface area contributed by atoms with E-state index in [0.29, 0.717) is 9.50 Å². The Bertz CT molecular complexity index is 469. The number of halogens is 1. The summed E-state index contributed by atoms with van der Waals surface area (Å²) in [6, 6.07) is 1.39. The maximum Gasteiger partial charge on any atom is 0.306 e. The third-order valence-electron chi connectivity index (χ3n) is 2.00. The van der Waals surface area contributed by atoms with E-state index < -0.39 is 4.92 Å². The van der Waals surface area contributed by atoms with E-state index in [1.165, 1.54) is 31.1 Å². The molecule has 0 saturated carbocycles. The highest BCUT2D eigenvalue weighted by atomic mass is 79.9. The summed E-state index contributed by atoms with van der Waals surface area (Å²) in [5, 5.41) is 11.1. The van der Waals surface area contributed by atoms with Gasteiger partial charge < -0.3 is 4.74 Å². The van der Waals surface area contributed by atoms with Crippen LogP contribution in [0.2, 0.25) is 0 Å². The number of esters is 1. The van der Waals surface area contributed by atoms with Gasteiger partial charge in [-0.2, -0.15) is 0 Å². The Morgan fingerprint density at radius 3 is 2.89 bits per heavy atom. The fourth-order valence-electron chi connectivity index (χ4n) is 1.15. The van der Waals surface area contributed by atoms with Crippen LogP contribution in [0.25, 0.3) is 0 Å². The van der Waals surface area contributed by atoms with Crippen LogP contribution in [0.5, 0.6) is 0 Å². The molecule has 0 aliphatic carbocycles. The Kier molecular flexibility index (Phi) is 5.54. The molecule has 0 radical (unpaired) electrons. The second-order valence-corrected chi connectivity index (χ2v) is 5.73. The number of nitro groups is 1. The van der Waals surface area contributed by atoms with Gasteiger partial charge in [0.25, 0.3) is 5.69 Å². The van der Waals surface area contributed by atoms with Crippen LogP contribution in [0.15, 0.2) is 21.8 Å². The van der Waals surface area contributed by atoms with Crippen LogP contribution in [0, 0.1) is 10.1 Å². The van der Waals surface area contributed by atoms with Crippen molar-refractivity contribution in [1.29, 1.82) is 0 Å². The summed E-state index contributed by atoms with van der Waals surface area (Å²) in [7, 11) is 1.33. The van der Waals surface area contributed by atoms with E-state index in [1.54, 1.807) is 0 Å². The number of hydrogen-bond donors (Lipinski definition) is 0. The second kappa shape index (κ2) is 6.69. The molecule has 98 valence electrons. The summed E-state index contributed by atoms with van der Waals surface area (Å²) in [6.45, 7) is 1.86. The summed E-state index contributed by atoms with van der Waals surface area (Å²) in [4.78, 5) is 25.1. The number of carbonyl (C=O) groups excluding carboxylic acids is 1. The monoisotopic (exact) mass is 334 g/mol. The van der Waals surface area contributed by atoms with Gasteiger partial charge in [0.15, 0.2) is 0 Å². The van der Waals surface area contributed by atoms with Gasteiger partial charge >= 0.3 is 5.97 Å². The Balaban J connectivity index is 2.73. The number of pyridine rings is 1. The van der Waals surface area contributed by atoms with Crippen molar-refractivity contribution < 1.29 is 14.5 Å². The minimum absolute atomic E-state index is 0.0253. The van der Waals surface area contributed by atoms with Crippen molar-refractivity contribution in [1.82, 2.24) is 4.98 Å². The first-order valence-corrected chi connectivity index (χ1v) is 6.64. The Hall–Kier alpha value is -1.15. The van der Waals surface area contributed by atoms with Gasteiger partial charge in [-0.25, -0.2) is 4.98 Å². The number of carbonyl (C=O) groups is 1. The Morgan fingerprint density at radius 1 is 1.72 bits per heavy atom. The zero-order valence-corrected chi connectivity index (χ0v) is 12.2. The number of methoxy groups -OCH3 is 1. The first kappa shape index (κ1) is 14.9. The van der Waals surface area contributed by atoms with Crippen LogP contribution >= 0.6 is 27.7 Å². The first-order valence-electron chi connectivity index (χ1n) is 4.97. The van der Waals surface area contributed by atoms with Crippen LogP contribution in [0.3, 0.4) is 0 Å². The maximum atomic E-state index is 11.1. The van der Waals surface area contributed by atoms with Crippen LogP contribution < -0.4 is 0 Å². The number of aromatic nitrogens is 1. The van der Waals surface area contributed by atoms with Crippen LogP contribution in [0.1, 0.15) is 13.3 Å². The van der Waals surface area contributed by atoms with E-state index in [9.17, 15) is 14.9 Å². The quantitative estimate of drug-likeness (QED) is 0.356. The number of ether oxygens (including phenoxy) is 1. The SMILES string of the molecule is COC(=O)CC(C)Sc1ncc([N+](=O)[O-])cc1Br. The van der Waals surface area contributed by atoms with Crippen molar-refractivity contribution in [2.45, 2.75) is 23.6 Å². The molecule has 1 rings (SSSR count). The van der Waals surface area contributed by atoms with Gasteiger partial charge in [-0.3, -0.25) is 14.9 Å². The molecule has 1 aromatic heterocycles. The summed E-state index contributed by atoms with van der Waals surface area (Å²) in [6.07, 6.45) is 1.45. The molecule has 1 heterocycles. The lowest BCUT2D eigenvalue weighted by atomic mass is 10.3. The average Bonchev–Trinajstić information content (AvgIpc) is 2.31.